The Labute approximate surface area is 94.2 Å². The highest BCUT2D eigenvalue weighted by Gasteiger charge is 2.05. The van der Waals surface area contributed by atoms with Crippen molar-refractivity contribution in [2.75, 3.05) is 0 Å². The van der Waals surface area contributed by atoms with Crippen molar-refractivity contribution in [1.29, 1.82) is 0 Å². The molecule has 0 N–H and O–H groups in total. The fraction of sp³-hybridized carbons (Fsp3) is 0.0714. The summed E-state index contributed by atoms with van der Waals surface area (Å²) < 4.78 is 1.90. The maximum Gasteiger partial charge on any atom is 0.0696 e. The molecule has 16 heavy (non-hydrogen) atoms. The van der Waals surface area contributed by atoms with E-state index in [9.17, 15) is 0 Å². The number of benzene rings is 1. The van der Waals surface area contributed by atoms with Crippen molar-refractivity contribution in [3.8, 4) is 11.1 Å². The van der Waals surface area contributed by atoms with Gasteiger partial charge in [-0.25, -0.2) is 4.52 Å². The summed E-state index contributed by atoms with van der Waals surface area (Å²) in [6, 6.07) is 14.6. The van der Waals surface area contributed by atoms with Gasteiger partial charge in [-0.3, -0.25) is 0 Å². The number of rotatable bonds is 1. The summed E-state index contributed by atoms with van der Waals surface area (Å²) in [7, 11) is 0. The van der Waals surface area contributed by atoms with E-state index in [1.54, 1.807) is 0 Å². The lowest BCUT2D eigenvalue weighted by molar-refractivity contribution is 0.957. The predicted octanol–water partition coefficient (Wildman–Crippen LogP) is 3.31. The van der Waals surface area contributed by atoms with Crippen LogP contribution in [0, 0.1) is 6.92 Å². The molecule has 3 rings (SSSR count). The normalized spacial score (nSPS) is 10.8. The van der Waals surface area contributed by atoms with E-state index in [0.29, 0.717) is 0 Å². The van der Waals surface area contributed by atoms with E-state index in [-0.39, 0.29) is 0 Å². The van der Waals surface area contributed by atoms with Crippen molar-refractivity contribution in [1.82, 2.24) is 9.61 Å². The summed E-state index contributed by atoms with van der Waals surface area (Å²) in [5.74, 6) is 0. The van der Waals surface area contributed by atoms with E-state index in [0.717, 1.165) is 0 Å². The van der Waals surface area contributed by atoms with Crippen molar-refractivity contribution in [2.45, 2.75) is 6.92 Å². The van der Waals surface area contributed by atoms with E-state index in [1.807, 2.05) is 29.0 Å². The van der Waals surface area contributed by atoms with Crippen LogP contribution in [-0.2, 0) is 0 Å². The maximum atomic E-state index is 4.23. The summed E-state index contributed by atoms with van der Waals surface area (Å²) in [6.07, 6.45) is 3.84. The van der Waals surface area contributed by atoms with E-state index in [4.69, 9.17) is 0 Å². The topological polar surface area (TPSA) is 17.3 Å². The minimum atomic E-state index is 1.17. The van der Waals surface area contributed by atoms with E-state index >= 15 is 0 Å². The molecule has 0 spiro atoms. The number of fused-ring (bicyclic) bond motifs is 1. The van der Waals surface area contributed by atoms with Crippen molar-refractivity contribution >= 4 is 5.52 Å². The second-order valence-electron chi connectivity index (χ2n) is 3.88. The lowest BCUT2D eigenvalue weighted by Crippen LogP contribution is -1.91. The van der Waals surface area contributed by atoms with Crippen LogP contribution in [0.4, 0.5) is 0 Å². The molecule has 2 heteroatoms. The molecule has 3 aromatic rings. The van der Waals surface area contributed by atoms with Crippen LogP contribution in [-0.4, -0.2) is 9.61 Å². The molecule has 0 bridgehead atoms. The highest BCUT2D eigenvalue weighted by atomic mass is 15.2. The third-order valence-electron chi connectivity index (χ3n) is 2.93. The van der Waals surface area contributed by atoms with Gasteiger partial charge in [-0.05, 0) is 35.7 Å². The quantitative estimate of drug-likeness (QED) is 0.599. The Morgan fingerprint density at radius 2 is 1.81 bits per heavy atom. The summed E-state index contributed by atoms with van der Waals surface area (Å²) in [5, 5.41) is 4.23. The largest absolute Gasteiger partial charge is 0.241 e. The monoisotopic (exact) mass is 208 g/mol. The van der Waals surface area contributed by atoms with Crippen molar-refractivity contribution in [3.05, 3.63) is 60.4 Å². The first-order chi connectivity index (χ1) is 7.86. The number of hydrogen-bond donors (Lipinski definition) is 0. The molecule has 0 aliphatic carbocycles. The highest BCUT2D eigenvalue weighted by molar-refractivity contribution is 5.74. The van der Waals surface area contributed by atoms with Gasteiger partial charge in [-0.1, -0.05) is 30.3 Å². The summed E-state index contributed by atoms with van der Waals surface area (Å²) in [5.41, 5.74) is 4.96. The Morgan fingerprint density at radius 1 is 1.00 bits per heavy atom. The van der Waals surface area contributed by atoms with E-state index < -0.39 is 0 Å². The number of aryl methyl sites for hydroxylation is 1. The molecule has 2 heterocycles. The molecule has 0 atom stereocenters. The van der Waals surface area contributed by atoms with E-state index in [2.05, 4.69) is 42.4 Å². The molecule has 0 amide bonds. The van der Waals surface area contributed by atoms with Gasteiger partial charge < -0.3 is 0 Å². The lowest BCUT2D eigenvalue weighted by Gasteiger charge is -2.07. The number of hydrogen-bond acceptors (Lipinski definition) is 1. The van der Waals surface area contributed by atoms with Crippen LogP contribution in [0.1, 0.15) is 5.56 Å². The third-order valence-corrected chi connectivity index (χ3v) is 2.93. The molecule has 0 fully saturated rings. The average molecular weight is 208 g/mol. The first-order valence-corrected chi connectivity index (χ1v) is 5.34. The number of nitrogens with zero attached hydrogens (tertiary/aromatic N) is 2. The average Bonchev–Trinajstić information content (AvgIpc) is 2.80. The molecule has 78 valence electrons. The fourth-order valence-corrected chi connectivity index (χ4v) is 2.07. The van der Waals surface area contributed by atoms with Crippen LogP contribution in [0.2, 0.25) is 0 Å². The van der Waals surface area contributed by atoms with Gasteiger partial charge in [-0.15, -0.1) is 0 Å². The van der Waals surface area contributed by atoms with Gasteiger partial charge in [0.1, 0.15) is 0 Å². The fourth-order valence-electron chi connectivity index (χ4n) is 2.07. The molecule has 2 nitrogen and oxygen atoms in total. The van der Waals surface area contributed by atoms with Crippen molar-refractivity contribution < 1.29 is 0 Å². The molecular weight excluding hydrogens is 196 g/mol. The van der Waals surface area contributed by atoms with Crippen molar-refractivity contribution in [2.24, 2.45) is 0 Å². The smallest absolute Gasteiger partial charge is 0.0696 e. The Balaban J connectivity index is 2.28. The maximum absolute atomic E-state index is 4.23. The molecule has 0 aliphatic heterocycles. The van der Waals surface area contributed by atoms with Gasteiger partial charge >= 0.3 is 0 Å². The van der Waals surface area contributed by atoms with Crippen LogP contribution < -0.4 is 0 Å². The second-order valence-corrected chi connectivity index (χ2v) is 3.88. The summed E-state index contributed by atoms with van der Waals surface area (Å²) in [6.45, 7) is 2.14. The second kappa shape index (κ2) is 3.49. The molecular formula is C14H12N2. The molecule has 0 radical (unpaired) electrons. The minimum Gasteiger partial charge on any atom is -0.241 e. The van der Waals surface area contributed by atoms with Gasteiger partial charge in [0.15, 0.2) is 0 Å². The van der Waals surface area contributed by atoms with Gasteiger partial charge in [0.2, 0.25) is 0 Å². The molecule has 0 unspecified atom stereocenters. The zero-order valence-corrected chi connectivity index (χ0v) is 9.09. The van der Waals surface area contributed by atoms with Crippen molar-refractivity contribution in [3.63, 3.8) is 0 Å². The lowest BCUT2D eigenvalue weighted by atomic mass is 10.0. The first kappa shape index (κ1) is 9.16. The van der Waals surface area contributed by atoms with Gasteiger partial charge in [-0.2, -0.15) is 5.10 Å². The minimum absolute atomic E-state index is 1.17. The third kappa shape index (κ3) is 1.31. The number of pyridine rings is 1. The predicted molar refractivity (Wildman–Crippen MR) is 65.4 cm³/mol. The van der Waals surface area contributed by atoms with Crippen LogP contribution in [0.5, 0.6) is 0 Å². The Hall–Kier alpha value is -2.09. The van der Waals surface area contributed by atoms with Gasteiger partial charge in [0.25, 0.3) is 0 Å². The van der Waals surface area contributed by atoms with Crippen LogP contribution in [0.3, 0.4) is 0 Å². The molecule has 0 aliphatic rings. The Bertz CT molecular complexity index is 624. The summed E-state index contributed by atoms with van der Waals surface area (Å²) >= 11 is 0. The Morgan fingerprint density at radius 3 is 2.62 bits per heavy atom. The standard InChI is InChI=1S/C14H12N2/c1-11-13(12-5-3-2-4-6-12)8-10-16-14(11)7-9-15-16/h2-10H,1H3. The van der Waals surface area contributed by atoms with Crippen LogP contribution in [0.25, 0.3) is 16.6 Å². The van der Waals surface area contributed by atoms with Crippen LogP contribution in [0.15, 0.2) is 54.9 Å². The molecule has 1 aromatic carbocycles. The van der Waals surface area contributed by atoms with E-state index in [1.165, 1.54) is 22.2 Å². The Kier molecular flexibility index (Phi) is 2.00. The zero-order valence-electron chi connectivity index (χ0n) is 9.09. The highest BCUT2D eigenvalue weighted by Crippen LogP contribution is 2.25. The zero-order chi connectivity index (χ0) is 11.0. The van der Waals surface area contributed by atoms with Crippen LogP contribution >= 0.6 is 0 Å². The summed E-state index contributed by atoms with van der Waals surface area (Å²) in [4.78, 5) is 0. The van der Waals surface area contributed by atoms with Gasteiger partial charge in [0, 0.05) is 12.4 Å². The first-order valence-electron chi connectivity index (χ1n) is 5.34. The molecule has 2 aromatic heterocycles. The molecule has 0 saturated heterocycles. The number of aromatic nitrogens is 2. The SMILES string of the molecule is Cc1c(-c2ccccc2)ccn2nccc12. The molecule has 0 saturated carbocycles. The van der Waals surface area contributed by atoms with Gasteiger partial charge in [0.05, 0.1) is 5.52 Å².